The molecule has 0 spiro atoms. The van der Waals surface area contributed by atoms with Gasteiger partial charge in [-0.1, -0.05) is 17.7 Å². The largest absolute Gasteiger partial charge is 0.491 e. The highest BCUT2D eigenvalue weighted by Crippen LogP contribution is 2.26. The van der Waals surface area contributed by atoms with E-state index in [1.54, 1.807) is 18.2 Å². The molecule has 6 heteroatoms. The van der Waals surface area contributed by atoms with Gasteiger partial charge in [0.15, 0.2) is 0 Å². The third-order valence-corrected chi connectivity index (χ3v) is 2.46. The van der Waals surface area contributed by atoms with Gasteiger partial charge in [0.2, 0.25) is 0 Å². The number of carbonyl (C=O) groups excluding carboxylic acids is 1. The van der Waals surface area contributed by atoms with Crippen molar-refractivity contribution in [2.24, 2.45) is 0 Å². The van der Waals surface area contributed by atoms with E-state index in [9.17, 15) is 9.59 Å². The maximum atomic E-state index is 10.9. The molecule has 0 amide bonds. The SMILES string of the molecule is COC(=O)CCOc1ccc(C=CC(=O)O)cc1Cl. The zero-order valence-corrected chi connectivity index (χ0v) is 11.0. The molecule has 1 aromatic carbocycles. The second-order valence-electron chi connectivity index (χ2n) is 3.54. The Bertz CT molecular complexity index is 496. The van der Waals surface area contributed by atoms with Crippen LogP contribution in [0.15, 0.2) is 24.3 Å². The van der Waals surface area contributed by atoms with Crippen LogP contribution >= 0.6 is 11.6 Å². The zero-order valence-electron chi connectivity index (χ0n) is 10.3. The number of benzene rings is 1. The fraction of sp³-hybridized carbons (Fsp3) is 0.231. The predicted octanol–water partition coefficient (Wildman–Crippen LogP) is 2.38. The minimum Gasteiger partial charge on any atom is -0.491 e. The highest BCUT2D eigenvalue weighted by atomic mass is 35.5. The molecule has 0 saturated heterocycles. The number of rotatable bonds is 6. The van der Waals surface area contributed by atoms with Crippen molar-refractivity contribution in [3.63, 3.8) is 0 Å². The van der Waals surface area contributed by atoms with E-state index < -0.39 is 5.97 Å². The first-order chi connectivity index (χ1) is 9.02. The molecule has 19 heavy (non-hydrogen) atoms. The maximum Gasteiger partial charge on any atom is 0.328 e. The van der Waals surface area contributed by atoms with Crippen LogP contribution in [0, 0.1) is 0 Å². The third kappa shape index (κ3) is 5.44. The average Bonchev–Trinajstić information content (AvgIpc) is 2.38. The number of esters is 1. The average molecular weight is 285 g/mol. The molecule has 0 aromatic heterocycles. The first-order valence-corrected chi connectivity index (χ1v) is 5.81. The molecule has 0 radical (unpaired) electrons. The summed E-state index contributed by atoms with van der Waals surface area (Å²) >= 11 is 5.97. The molecular weight excluding hydrogens is 272 g/mol. The minimum absolute atomic E-state index is 0.132. The Morgan fingerprint density at radius 2 is 2.16 bits per heavy atom. The van der Waals surface area contributed by atoms with Crippen molar-refractivity contribution in [3.8, 4) is 5.75 Å². The number of hydrogen-bond donors (Lipinski definition) is 1. The Balaban J connectivity index is 2.62. The quantitative estimate of drug-likeness (QED) is 0.641. The van der Waals surface area contributed by atoms with Gasteiger partial charge in [0.1, 0.15) is 5.75 Å². The van der Waals surface area contributed by atoms with Crippen LogP contribution in [-0.2, 0) is 14.3 Å². The topological polar surface area (TPSA) is 72.8 Å². The van der Waals surface area contributed by atoms with Crippen LogP contribution in [0.5, 0.6) is 5.75 Å². The van der Waals surface area contributed by atoms with Crippen LogP contribution in [0.1, 0.15) is 12.0 Å². The fourth-order valence-electron chi connectivity index (χ4n) is 1.25. The van der Waals surface area contributed by atoms with Gasteiger partial charge in [-0.05, 0) is 23.8 Å². The van der Waals surface area contributed by atoms with Gasteiger partial charge in [0.25, 0.3) is 0 Å². The van der Waals surface area contributed by atoms with E-state index in [1.165, 1.54) is 13.2 Å². The van der Waals surface area contributed by atoms with Gasteiger partial charge in [-0.3, -0.25) is 4.79 Å². The van der Waals surface area contributed by atoms with E-state index >= 15 is 0 Å². The van der Waals surface area contributed by atoms with E-state index in [4.69, 9.17) is 21.4 Å². The Morgan fingerprint density at radius 3 is 2.74 bits per heavy atom. The van der Waals surface area contributed by atoms with Gasteiger partial charge in [0.05, 0.1) is 25.2 Å². The molecule has 102 valence electrons. The lowest BCUT2D eigenvalue weighted by molar-refractivity contribution is -0.141. The van der Waals surface area contributed by atoms with Gasteiger partial charge in [-0.2, -0.15) is 0 Å². The van der Waals surface area contributed by atoms with Crippen LogP contribution in [0.25, 0.3) is 6.08 Å². The van der Waals surface area contributed by atoms with Gasteiger partial charge in [-0.15, -0.1) is 0 Å². The number of ether oxygens (including phenoxy) is 2. The van der Waals surface area contributed by atoms with Crippen LogP contribution in [0.2, 0.25) is 5.02 Å². The number of carboxylic acids is 1. The van der Waals surface area contributed by atoms with Gasteiger partial charge in [0, 0.05) is 6.08 Å². The molecule has 0 saturated carbocycles. The summed E-state index contributed by atoms with van der Waals surface area (Å²) in [5, 5.41) is 8.85. The molecule has 0 heterocycles. The third-order valence-electron chi connectivity index (χ3n) is 2.17. The van der Waals surface area contributed by atoms with Gasteiger partial charge < -0.3 is 14.6 Å². The summed E-state index contributed by atoms with van der Waals surface area (Å²) in [6.45, 7) is 0.163. The molecule has 0 aliphatic rings. The van der Waals surface area contributed by atoms with E-state index in [0.29, 0.717) is 16.3 Å². The number of halogens is 1. The second-order valence-corrected chi connectivity index (χ2v) is 3.94. The van der Waals surface area contributed by atoms with E-state index in [2.05, 4.69) is 4.74 Å². The molecular formula is C13H13ClO5. The van der Waals surface area contributed by atoms with Crippen LogP contribution in [0.4, 0.5) is 0 Å². The normalized spacial score (nSPS) is 10.4. The number of hydrogen-bond acceptors (Lipinski definition) is 4. The van der Waals surface area contributed by atoms with E-state index in [0.717, 1.165) is 6.08 Å². The second kappa shape index (κ2) is 7.43. The summed E-state index contributed by atoms with van der Waals surface area (Å²) in [7, 11) is 1.30. The molecule has 0 aliphatic carbocycles. The molecule has 1 rings (SSSR count). The Morgan fingerprint density at radius 1 is 1.42 bits per heavy atom. The Labute approximate surface area is 115 Å². The Kier molecular flexibility index (Phi) is 5.89. The van der Waals surface area contributed by atoms with Gasteiger partial charge in [-0.25, -0.2) is 4.79 Å². The lowest BCUT2D eigenvalue weighted by Crippen LogP contribution is -2.07. The highest BCUT2D eigenvalue weighted by Gasteiger charge is 2.05. The molecule has 0 aliphatic heterocycles. The standard InChI is InChI=1S/C13H13ClO5/c1-18-13(17)6-7-19-11-4-2-9(8-10(11)14)3-5-12(15)16/h2-5,8H,6-7H2,1H3,(H,15,16). The minimum atomic E-state index is -1.03. The molecule has 0 atom stereocenters. The maximum absolute atomic E-state index is 10.9. The predicted molar refractivity (Wildman–Crippen MR) is 70.2 cm³/mol. The molecule has 1 N–H and O–H groups in total. The number of carboxylic acid groups (broad SMARTS) is 1. The molecule has 0 fully saturated rings. The smallest absolute Gasteiger partial charge is 0.328 e. The van der Waals surface area contributed by atoms with Crippen molar-refractivity contribution in [1.82, 2.24) is 0 Å². The van der Waals surface area contributed by atoms with Crippen molar-refractivity contribution in [1.29, 1.82) is 0 Å². The van der Waals surface area contributed by atoms with Gasteiger partial charge >= 0.3 is 11.9 Å². The number of methoxy groups -OCH3 is 1. The first-order valence-electron chi connectivity index (χ1n) is 5.43. The molecule has 0 unspecified atom stereocenters. The summed E-state index contributed by atoms with van der Waals surface area (Å²) in [4.78, 5) is 21.3. The van der Waals surface area contributed by atoms with Crippen LogP contribution < -0.4 is 4.74 Å². The summed E-state index contributed by atoms with van der Waals surface area (Å²) in [5.41, 5.74) is 0.646. The summed E-state index contributed by atoms with van der Waals surface area (Å²) < 4.78 is 9.79. The molecule has 1 aromatic rings. The van der Waals surface area contributed by atoms with E-state index in [1.807, 2.05) is 0 Å². The lowest BCUT2D eigenvalue weighted by atomic mass is 10.2. The molecule has 5 nitrogen and oxygen atoms in total. The highest BCUT2D eigenvalue weighted by molar-refractivity contribution is 6.32. The van der Waals surface area contributed by atoms with Crippen molar-refractivity contribution in [2.75, 3.05) is 13.7 Å². The lowest BCUT2D eigenvalue weighted by Gasteiger charge is -2.07. The van der Waals surface area contributed by atoms with Crippen molar-refractivity contribution < 1.29 is 24.2 Å². The van der Waals surface area contributed by atoms with Crippen molar-refractivity contribution in [2.45, 2.75) is 6.42 Å². The van der Waals surface area contributed by atoms with Crippen molar-refractivity contribution in [3.05, 3.63) is 34.9 Å². The Hall–Kier alpha value is -2.01. The number of aliphatic carboxylic acids is 1. The summed E-state index contributed by atoms with van der Waals surface area (Å²) in [5.74, 6) is -0.968. The van der Waals surface area contributed by atoms with Crippen LogP contribution in [-0.4, -0.2) is 30.8 Å². The first kappa shape index (κ1) is 15.0. The van der Waals surface area contributed by atoms with Crippen LogP contribution in [0.3, 0.4) is 0 Å². The molecule has 0 bridgehead atoms. The van der Waals surface area contributed by atoms with Crippen molar-refractivity contribution >= 4 is 29.6 Å². The fourth-order valence-corrected chi connectivity index (χ4v) is 1.50. The zero-order chi connectivity index (χ0) is 14.3. The monoisotopic (exact) mass is 284 g/mol. The number of carbonyl (C=O) groups is 2. The van der Waals surface area contributed by atoms with E-state index in [-0.39, 0.29) is 19.0 Å². The summed E-state index contributed by atoms with van der Waals surface area (Å²) in [6, 6.07) is 4.86. The summed E-state index contributed by atoms with van der Waals surface area (Å²) in [6.07, 6.45) is 2.57.